The van der Waals surface area contributed by atoms with E-state index in [-0.39, 0.29) is 17.0 Å². The number of ether oxygens (including phenoxy) is 1. The molecule has 3 aromatic rings. The lowest BCUT2D eigenvalue weighted by atomic mass is 9.66. The second kappa shape index (κ2) is 13.4. The maximum absolute atomic E-state index is 13.9. The van der Waals surface area contributed by atoms with Gasteiger partial charge in [0.05, 0.1) is 13.2 Å². The smallest absolute Gasteiger partial charge is 0.126 e. The molecule has 4 rings (SSSR count). The van der Waals surface area contributed by atoms with Gasteiger partial charge in [-0.1, -0.05) is 60.9 Å². The summed E-state index contributed by atoms with van der Waals surface area (Å²) in [5.41, 5.74) is 3.46. The Labute approximate surface area is 220 Å². The molecule has 0 aromatic heterocycles. The van der Waals surface area contributed by atoms with Gasteiger partial charge in [0.2, 0.25) is 0 Å². The monoisotopic (exact) mass is 501 g/mol. The lowest BCUT2D eigenvalue weighted by Crippen LogP contribution is -2.41. The van der Waals surface area contributed by atoms with E-state index < -0.39 is 0 Å². The van der Waals surface area contributed by atoms with Crippen LogP contribution in [0.3, 0.4) is 0 Å². The van der Waals surface area contributed by atoms with Crippen molar-refractivity contribution in [3.63, 3.8) is 0 Å². The fraction of sp³-hybridized carbons (Fsp3) is 0.394. The van der Waals surface area contributed by atoms with Crippen LogP contribution in [0.1, 0.15) is 61.6 Å². The predicted molar refractivity (Wildman–Crippen MR) is 147 cm³/mol. The Kier molecular flexibility index (Phi) is 9.74. The van der Waals surface area contributed by atoms with Crippen molar-refractivity contribution in [2.75, 3.05) is 19.7 Å². The molecule has 4 heteroatoms. The number of benzene rings is 3. The Hall–Kier alpha value is -3.16. The molecule has 0 saturated heterocycles. The number of terminal acetylenes is 1. The van der Waals surface area contributed by atoms with Crippen LogP contribution < -0.4 is 10.1 Å². The number of hydrogen-bond donors (Lipinski definition) is 1. The third-order valence-corrected chi connectivity index (χ3v) is 7.74. The molecule has 194 valence electrons. The maximum atomic E-state index is 13.9. The zero-order valence-electron chi connectivity index (χ0n) is 21.5. The number of hydrogen-bond acceptors (Lipinski definition) is 2. The molecule has 0 amide bonds. The van der Waals surface area contributed by atoms with Crippen molar-refractivity contribution >= 4 is 0 Å². The second-order valence-corrected chi connectivity index (χ2v) is 10.3. The summed E-state index contributed by atoms with van der Waals surface area (Å²) in [5.74, 6) is 3.44. The summed E-state index contributed by atoms with van der Waals surface area (Å²) >= 11 is 0. The topological polar surface area (TPSA) is 21.3 Å². The van der Waals surface area contributed by atoms with Gasteiger partial charge in [0.25, 0.3) is 0 Å². The highest BCUT2D eigenvalue weighted by atomic mass is 19.1. The standard InChI is InChI=1S/C33H37F2NO/c1-2-21-36-25-33(29-9-4-3-5-10-29)19-17-26(18-20-33)8-6-7-22-37-32-24-31(35)16-13-28(32)23-27-11-14-30(34)15-12-27/h1,3-5,9-16,24,26,36H,6-8,17-23,25H2. The Morgan fingerprint density at radius 3 is 2.38 bits per heavy atom. The molecule has 1 saturated carbocycles. The molecule has 2 nitrogen and oxygen atoms in total. The summed E-state index contributed by atoms with van der Waals surface area (Å²) in [6.45, 7) is 2.10. The number of nitrogens with one attached hydrogen (secondary N) is 1. The highest BCUT2D eigenvalue weighted by Crippen LogP contribution is 2.42. The zero-order chi connectivity index (χ0) is 25.9. The first-order chi connectivity index (χ1) is 18.1. The van der Waals surface area contributed by atoms with Crippen LogP contribution in [0.25, 0.3) is 0 Å². The molecule has 1 aliphatic carbocycles. The molecule has 3 aromatic carbocycles. The van der Waals surface area contributed by atoms with Gasteiger partial charge in [0.1, 0.15) is 17.4 Å². The van der Waals surface area contributed by atoms with E-state index in [1.165, 1.54) is 61.9 Å². The minimum atomic E-state index is -0.307. The highest BCUT2D eigenvalue weighted by molar-refractivity contribution is 5.38. The van der Waals surface area contributed by atoms with Crippen molar-refractivity contribution in [2.45, 2.75) is 56.8 Å². The van der Waals surface area contributed by atoms with Crippen LogP contribution in [0.5, 0.6) is 5.75 Å². The fourth-order valence-electron chi connectivity index (χ4n) is 5.60. The third-order valence-electron chi connectivity index (χ3n) is 7.74. The van der Waals surface area contributed by atoms with Crippen molar-refractivity contribution in [1.82, 2.24) is 5.32 Å². The first kappa shape index (κ1) is 26.9. The molecule has 0 atom stereocenters. The van der Waals surface area contributed by atoms with E-state index in [4.69, 9.17) is 11.2 Å². The molecular formula is C33H37F2NO. The van der Waals surface area contributed by atoms with E-state index in [1.807, 2.05) is 0 Å². The largest absolute Gasteiger partial charge is 0.493 e. The number of unbranched alkanes of at least 4 members (excludes halogenated alkanes) is 1. The van der Waals surface area contributed by atoms with Crippen LogP contribution in [-0.4, -0.2) is 19.7 Å². The van der Waals surface area contributed by atoms with Gasteiger partial charge >= 0.3 is 0 Å². The SMILES string of the molecule is C#CCNCC1(c2ccccc2)CCC(CCCCOc2cc(F)ccc2Cc2ccc(F)cc2)CC1. The Morgan fingerprint density at radius 1 is 0.919 bits per heavy atom. The first-order valence-electron chi connectivity index (χ1n) is 13.4. The molecule has 1 N–H and O–H groups in total. The van der Waals surface area contributed by atoms with Crippen molar-refractivity contribution in [3.05, 3.63) is 101 Å². The van der Waals surface area contributed by atoms with Crippen molar-refractivity contribution in [2.24, 2.45) is 5.92 Å². The summed E-state index contributed by atoms with van der Waals surface area (Å²) < 4.78 is 33.1. The molecule has 0 heterocycles. The van der Waals surface area contributed by atoms with Crippen LogP contribution in [0.2, 0.25) is 0 Å². The van der Waals surface area contributed by atoms with E-state index in [0.717, 1.165) is 36.4 Å². The van der Waals surface area contributed by atoms with E-state index in [2.05, 4.69) is 41.6 Å². The molecular weight excluding hydrogens is 464 g/mol. The van der Waals surface area contributed by atoms with Gasteiger partial charge in [-0.05, 0) is 79.3 Å². The van der Waals surface area contributed by atoms with Crippen LogP contribution >= 0.6 is 0 Å². The Morgan fingerprint density at radius 2 is 1.65 bits per heavy atom. The van der Waals surface area contributed by atoms with Gasteiger partial charge < -0.3 is 10.1 Å². The molecule has 0 unspecified atom stereocenters. The van der Waals surface area contributed by atoms with Crippen molar-refractivity contribution < 1.29 is 13.5 Å². The highest BCUT2D eigenvalue weighted by Gasteiger charge is 2.36. The predicted octanol–water partition coefficient (Wildman–Crippen LogP) is 7.46. The second-order valence-electron chi connectivity index (χ2n) is 10.3. The molecule has 0 radical (unpaired) electrons. The first-order valence-corrected chi connectivity index (χ1v) is 13.4. The summed E-state index contributed by atoms with van der Waals surface area (Å²) in [6.07, 6.45) is 14.1. The minimum Gasteiger partial charge on any atom is -0.493 e. The average molecular weight is 502 g/mol. The summed E-state index contributed by atoms with van der Waals surface area (Å²) in [5, 5.41) is 3.46. The van der Waals surface area contributed by atoms with Gasteiger partial charge in [0.15, 0.2) is 0 Å². The summed E-state index contributed by atoms with van der Waals surface area (Å²) in [6, 6.07) is 21.9. The van der Waals surface area contributed by atoms with Crippen LogP contribution in [0.15, 0.2) is 72.8 Å². The molecule has 0 spiro atoms. The van der Waals surface area contributed by atoms with E-state index in [0.29, 0.717) is 25.3 Å². The molecule has 0 aliphatic heterocycles. The quantitative estimate of drug-likeness (QED) is 0.205. The Balaban J connectivity index is 1.24. The van der Waals surface area contributed by atoms with Gasteiger partial charge in [-0.3, -0.25) is 0 Å². The maximum Gasteiger partial charge on any atom is 0.126 e. The molecule has 37 heavy (non-hydrogen) atoms. The molecule has 1 aliphatic rings. The van der Waals surface area contributed by atoms with Crippen LogP contribution in [0, 0.1) is 29.9 Å². The minimum absolute atomic E-state index is 0.163. The van der Waals surface area contributed by atoms with Gasteiger partial charge in [-0.2, -0.15) is 0 Å². The average Bonchev–Trinajstić information content (AvgIpc) is 2.92. The Bertz CT molecular complexity index is 1150. The van der Waals surface area contributed by atoms with Gasteiger partial charge in [-0.25, -0.2) is 8.78 Å². The fourth-order valence-corrected chi connectivity index (χ4v) is 5.60. The zero-order valence-corrected chi connectivity index (χ0v) is 21.5. The third kappa shape index (κ3) is 7.66. The molecule has 0 bridgehead atoms. The number of halogens is 2. The van der Waals surface area contributed by atoms with Gasteiger partial charge in [-0.15, -0.1) is 6.42 Å². The lowest BCUT2D eigenvalue weighted by molar-refractivity contribution is 0.210. The lowest BCUT2D eigenvalue weighted by Gasteiger charge is -2.41. The van der Waals surface area contributed by atoms with Crippen LogP contribution in [-0.2, 0) is 11.8 Å². The van der Waals surface area contributed by atoms with E-state index in [1.54, 1.807) is 18.2 Å². The van der Waals surface area contributed by atoms with E-state index >= 15 is 0 Å². The molecule has 1 fully saturated rings. The van der Waals surface area contributed by atoms with Crippen molar-refractivity contribution in [1.29, 1.82) is 0 Å². The normalized spacial score (nSPS) is 19.3. The van der Waals surface area contributed by atoms with Gasteiger partial charge in [0, 0.05) is 24.4 Å². The summed E-state index contributed by atoms with van der Waals surface area (Å²) in [4.78, 5) is 0. The van der Waals surface area contributed by atoms with Crippen molar-refractivity contribution in [3.8, 4) is 18.1 Å². The van der Waals surface area contributed by atoms with Crippen LogP contribution in [0.4, 0.5) is 8.78 Å². The number of rotatable bonds is 12. The summed E-state index contributed by atoms with van der Waals surface area (Å²) in [7, 11) is 0. The van der Waals surface area contributed by atoms with E-state index in [9.17, 15) is 8.78 Å².